The second-order valence-electron chi connectivity index (χ2n) is 6.12. The minimum absolute atomic E-state index is 1.13. The van der Waals surface area contributed by atoms with Crippen molar-refractivity contribution >= 4 is 23.6 Å². The third kappa shape index (κ3) is 1.95. The van der Waals surface area contributed by atoms with Gasteiger partial charge in [-0.3, -0.25) is 4.98 Å². The van der Waals surface area contributed by atoms with E-state index in [0.717, 1.165) is 5.69 Å². The Hall–Kier alpha value is -2.19. The van der Waals surface area contributed by atoms with Crippen molar-refractivity contribution < 1.29 is 0 Å². The van der Waals surface area contributed by atoms with Crippen LogP contribution in [0.4, 0.5) is 0 Å². The number of hydrogen-bond donors (Lipinski definition) is 0. The predicted molar refractivity (Wildman–Crippen MR) is 95.0 cm³/mol. The summed E-state index contributed by atoms with van der Waals surface area (Å²) in [6.07, 6.45) is 3.33. The average Bonchev–Trinajstić information content (AvgIpc) is 2.96. The van der Waals surface area contributed by atoms with Gasteiger partial charge in [0, 0.05) is 11.9 Å². The van der Waals surface area contributed by atoms with E-state index in [1.165, 1.54) is 33.6 Å². The number of hydrogen-bond acceptors (Lipinski definition) is 1. The van der Waals surface area contributed by atoms with E-state index < -0.39 is 8.07 Å². The molecule has 0 spiro atoms. The van der Waals surface area contributed by atoms with Crippen LogP contribution in [0.1, 0.15) is 11.3 Å². The van der Waals surface area contributed by atoms with Gasteiger partial charge in [-0.25, -0.2) is 0 Å². The zero-order valence-corrected chi connectivity index (χ0v) is 13.8. The SMILES string of the molecule is Cc1cc2c(cn1)[Si](c1ccccc1)(c1ccccc1)CC2. The molecule has 0 saturated heterocycles. The number of aryl methyl sites for hydroxylation is 2. The summed E-state index contributed by atoms with van der Waals surface area (Å²) in [6.45, 7) is 2.09. The van der Waals surface area contributed by atoms with Crippen LogP contribution in [0.15, 0.2) is 72.9 Å². The lowest BCUT2D eigenvalue weighted by molar-refractivity contribution is 1.12. The van der Waals surface area contributed by atoms with Crippen LogP contribution in [-0.2, 0) is 6.42 Å². The van der Waals surface area contributed by atoms with Gasteiger partial charge >= 0.3 is 0 Å². The molecule has 0 bridgehead atoms. The van der Waals surface area contributed by atoms with E-state index in [0.29, 0.717) is 0 Å². The molecule has 1 aliphatic heterocycles. The van der Waals surface area contributed by atoms with E-state index in [1.54, 1.807) is 0 Å². The highest BCUT2D eigenvalue weighted by molar-refractivity contribution is 7.12. The van der Waals surface area contributed by atoms with Gasteiger partial charge in [-0.05, 0) is 46.6 Å². The van der Waals surface area contributed by atoms with Crippen molar-refractivity contribution in [2.45, 2.75) is 19.4 Å². The molecule has 2 heteroatoms. The fourth-order valence-electron chi connectivity index (χ4n) is 3.88. The number of benzene rings is 2. The van der Waals surface area contributed by atoms with E-state index in [2.05, 4.69) is 84.8 Å². The number of fused-ring (bicyclic) bond motifs is 1. The van der Waals surface area contributed by atoms with Crippen LogP contribution in [0.2, 0.25) is 6.04 Å². The summed E-state index contributed by atoms with van der Waals surface area (Å²) in [7, 11) is -1.89. The highest BCUT2D eigenvalue weighted by Crippen LogP contribution is 2.24. The molecule has 2 aromatic carbocycles. The van der Waals surface area contributed by atoms with Crippen molar-refractivity contribution in [3.05, 3.63) is 84.2 Å². The first-order chi connectivity index (χ1) is 10.8. The van der Waals surface area contributed by atoms with Gasteiger partial charge in [-0.15, -0.1) is 0 Å². The Kier molecular flexibility index (Phi) is 3.19. The third-order valence-electron chi connectivity index (χ3n) is 4.89. The standard InChI is InChI=1S/C20H19NSi/c1-16-14-17-12-13-22(20(17)15-21-16,18-8-4-2-5-9-18)19-10-6-3-7-11-19/h2-11,14-15H,12-13H2,1H3. The van der Waals surface area contributed by atoms with Crippen LogP contribution < -0.4 is 15.6 Å². The van der Waals surface area contributed by atoms with Gasteiger partial charge in [0.25, 0.3) is 0 Å². The molecular formula is C20H19NSi. The molecule has 1 aromatic heterocycles. The smallest absolute Gasteiger partial charge is 0.151 e. The molecule has 108 valence electrons. The van der Waals surface area contributed by atoms with Crippen LogP contribution in [0.5, 0.6) is 0 Å². The number of rotatable bonds is 2. The molecule has 4 rings (SSSR count). The van der Waals surface area contributed by atoms with Gasteiger partial charge in [0.2, 0.25) is 0 Å². The van der Waals surface area contributed by atoms with Crippen LogP contribution in [0.25, 0.3) is 0 Å². The van der Waals surface area contributed by atoms with Gasteiger partial charge < -0.3 is 0 Å². The van der Waals surface area contributed by atoms with Crippen molar-refractivity contribution in [1.82, 2.24) is 4.98 Å². The lowest BCUT2D eigenvalue weighted by atomic mass is 10.2. The molecule has 0 radical (unpaired) electrons. The van der Waals surface area contributed by atoms with E-state index in [9.17, 15) is 0 Å². The maximum atomic E-state index is 4.63. The highest BCUT2D eigenvalue weighted by Gasteiger charge is 2.44. The molecule has 3 aromatic rings. The summed E-state index contributed by atoms with van der Waals surface area (Å²) < 4.78 is 0. The summed E-state index contributed by atoms with van der Waals surface area (Å²) in [5.74, 6) is 0. The minimum Gasteiger partial charge on any atom is -0.262 e. The zero-order valence-electron chi connectivity index (χ0n) is 12.8. The zero-order chi connectivity index (χ0) is 15.0. The van der Waals surface area contributed by atoms with Gasteiger partial charge in [0.05, 0.1) is 0 Å². The predicted octanol–water partition coefficient (Wildman–Crippen LogP) is 2.42. The number of pyridine rings is 1. The fraction of sp³-hybridized carbons (Fsp3) is 0.150. The molecular weight excluding hydrogens is 282 g/mol. The lowest BCUT2D eigenvalue weighted by Gasteiger charge is -2.29. The highest BCUT2D eigenvalue weighted by atomic mass is 28.3. The third-order valence-corrected chi connectivity index (χ3v) is 9.90. The van der Waals surface area contributed by atoms with Gasteiger partial charge in [-0.1, -0.05) is 60.7 Å². The molecule has 0 N–H and O–H groups in total. The quantitative estimate of drug-likeness (QED) is 0.663. The van der Waals surface area contributed by atoms with Crippen LogP contribution >= 0.6 is 0 Å². The molecule has 0 fully saturated rings. The molecule has 0 saturated carbocycles. The van der Waals surface area contributed by atoms with E-state index in [1.807, 2.05) is 0 Å². The van der Waals surface area contributed by atoms with Crippen molar-refractivity contribution in [1.29, 1.82) is 0 Å². The Bertz CT molecular complexity index is 757. The molecule has 2 heterocycles. The molecule has 22 heavy (non-hydrogen) atoms. The number of aromatic nitrogens is 1. The molecule has 0 atom stereocenters. The first-order valence-electron chi connectivity index (χ1n) is 7.88. The summed E-state index contributed by atoms with van der Waals surface area (Å²) in [5.41, 5.74) is 2.64. The minimum atomic E-state index is -1.89. The molecule has 0 aliphatic carbocycles. The largest absolute Gasteiger partial charge is 0.262 e. The Balaban J connectivity index is 2.01. The second-order valence-corrected chi connectivity index (χ2v) is 10.1. The van der Waals surface area contributed by atoms with Gasteiger partial charge in [-0.2, -0.15) is 0 Å². The van der Waals surface area contributed by atoms with Crippen LogP contribution in [-0.4, -0.2) is 13.1 Å². The number of nitrogens with zero attached hydrogens (tertiary/aromatic N) is 1. The second kappa shape index (κ2) is 5.22. The van der Waals surface area contributed by atoms with Crippen LogP contribution in [0.3, 0.4) is 0 Å². The first kappa shape index (κ1) is 13.5. The van der Waals surface area contributed by atoms with Crippen molar-refractivity contribution in [2.24, 2.45) is 0 Å². The Labute approximate surface area is 132 Å². The van der Waals surface area contributed by atoms with E-state index in [4.69, 9.17) is 0 Å². The first-order valence-corrected chi connectivity index (χ1v) is 10.1. The fourth-order valence-corrected chi connectivity index (χ4v) is 8.88. The molecule has 1 aliphatic rings. The average molecular weight is 301 g/mol. The lowest BCUT2D eigenvalue weighted by Crippen LogP contribution is -2.65. The Morgan fingerprint density at radius 3 is 2.05 bits per heavy atom. The normalized spacial score (nSPS) is 15.5. The molecule has 0 unspecified atom stereocenters. The summed E-state index contributed by atoms with van der Waals surface area (Å²) in [6, 6.07) is 25.7. The maximum Gasteiger partial charge on any atom is 0.151 e. The van der Waals surface area contributed by atoms with E-state index >= 15 is 0 Å². The van der Waals surface area contributed by atoms with Crippen LogP contribution in [0, 0.1) is 6.92 Å². The van der Waals surface area contributed by atoms with Crippen molar-refractivity contribution in [2.75, 3.05) is 0 Å². The van der Waals surface area contributed by atoms with Gasteiger partial charge in [0.15, 0.2) is 8.07 Å². The van der Waals surface area contributed by atoms with Crippen molar-refractivity contribution in [3.63, 3.8) is 0 Å². The molecule has 0 amide bonds. The topological polar surface area (TPSA) is 12.9 Å². The van der Waals surface area contributed by atoms with Crippen molar-refractivity contribution in [3.8, 4) is 0 Å². The Morgan fingerprint density at radius 2 is 1.45 bits per heavy atom. The summed E-state index contributed by atoms with van der Waals surface area (Å²) in [4.78, 5) is 4.63. The monoisotopic (exact) mass is 301 g/mol. The van der Waals surface area contributed by atoms with Gasteiger partial charge in [0.1, 0.15) is 0 Å². The summed E-state index contributed by atoms with van der Waals surface area (Å²) in [5, 5.41) is 4.52. The summed E-state index contributed by atoms with van der Waals surface area (Å²) >= 11 is 0. The van der Waals surface area contributed by atoms with E-state index in [-0.39, 0.29) is 0 Å². The molecule has 1 nitrogen and oxygen atoms in total. The Morgan fingerprint density at radius 1 is 0.864 bits per heavy atom. The maximum absolute atomic E-state index is 4.63.